The van der Waals surface area contributed by atoms with E-state index in [0.29, 0.717) is 24.5 Å². The third kappa shape index (κ3) is 2.55. The first kappa shape index (κ1) is 13.8. The molecule has 1 N–H and O–H groups in total. The lowest BCUT2D eigenvalue weighted by Gasteiger charge is -2.20. The van der Waals surface area contributed by atoms with Crippen molar-refractivity contribution < 1.29 is 8.42 Å². The molecule has 0 spiro atoms. The van der Waals surface area contributed by atoms with Crippen molar-refractivity contribution >= 4 is 21.6 Å². The van der Waals surface area contributed by atoms with Gasteiger partial charge in [0.1, 0.15) is 4.90 Å². The molecule has 0 saturated carbocycles. The summed E-state index contributed by atoms with van der Waals surface area (Å²) in [5, 5.41) is 6.66. The minimum atomic E-state index is -3.46. The summed E-state index contributed by atoms with van der Waals surface area (Å²) in [4.78, 5) is 0.263. The molecule has 0 aromatic carbocycles. The molecule has 1 fully saturated rings. The lowest BCUT2D eigenvalue weighted by Crippen LogP contribution is -2.32. The van der Waals surface area contributed by atoms with Crippen LogP contribution >= 0.6 is 11.6 Å². The van der Waals surface area contributed by atoms with Crippen LogP contribution in [-0.4, -0.2) is 36.0 Å². The van der Waals surface area contributed by atoms with E-state index < -0.39 is 10.0 Å². The molecule has 18 heavy (non-hydrogen) atoms. The van der Waals surface area contributed by atoms with Crippen molar-refractivity contribution in [3.8, 4) is 0 Å². The highest BCUT2D eigenvalue weighted by molar-refractivity contribution is 7.89. The first-order valence-corrected chi connectivity index (χ1v) is 8.15. The Hall–Kier alpha value is -0.590. The Morgan fingerprint density at radius 2 is 1.89 bits per heavy atom. The van der Waals surface area contributed by atoms with Gasteiger partial charge in [-0.1, -0.05) is 12.8 Å². The maximum absolute atomic E-state index is 12.6. The van der Waals surface area contributed by atoms with E-state index in [0.717, 1.165) is 25.7 Å². The largest absolute Gasteiger partial charge is 0.281 e. The zero-order valence-electron chi connectivity index (χ0n) is 10.4. The molecule has 1 aliphatic rings. The summed E-state index contributed by atoms with van der Waals surface area (Å²) >= 11 is 5.76. The van der Waals surface area contributed by atoms with Crippen LogP contribution in [0.25, 0.3) is 0 Å². The monoisotopic (exact) mass is 291 g/mol. The van der Waals surface area contributed by atoms with Gasteiger partial charge in [-0.15, -0.1) is 11.6 Å². The third-order valence-corrected chi connectivity index (χ3v) is 5.61. The Balaban J connectivity index is 2.37. The van der Waals surface area contributed by atoms with Crippen molar-refractivity contribution in [2.24, 2.45) is 0 Å². The van der Waals surface area contributed by atoms with Crippen LogP contribution in [0.5, 0.6) is 0 Å². The van der Waals surface area contributed by atoms with Crippen molar-refractivity contribution in [1.29, 1.82) is 0 Å². The molecule has 102 valence electrons. The average Bonchev–Trinajstić information content (AvgIpc) is 2.56. The zero-order valence-corrected chi connectivity index (χ0v) is 12.0. The van der Waals surface area contributed by atoms with Crippen molar-refractivity contribution in [3.63, 3.8) is 0 Å². The second kappa shape index (κ2) is 5.59. The van der Waals surface area contributed by atoms with Gasteiger partial charge in [-0.2, -0.15) is 9.40 Å². The van der Waals surface area contributed by atoms with Gasteiger partial charge < -0.3 is 0 Å². The summed E-state index contributed by atoms with van der Waals surface area (Å²) in [6, 6.07) is 0. The van der Waals surface area contributed by atoms with E-state index in [1.807, 2.05) is 0 Å². The van der Waals surface area contributed by atoms with Crippen LogP contribution in [0, 0.1) is 6.92 Å². The predicted molar refractivity (Wildman–Crippen MR) is 70.1 cm³/mol. The van der Waals surface area contributed by atoms with Gasteiger partial charge in [-0.05, 0) is 19.8 Å². The van der Waals surface area contributed by atoms with E-state index in [9.17, 15) is 8.42 Å². The van der Waals surface area contributed by atoms with Crippen molar-refractivity contribution in [2.75, 3.05) is 13.1 Å². The van der Waals surface area contributed by atoms with E-state index >= 15 is 0 Å². The molecule has 2 heterocycles. The maximum atomic E-state index is 12.6. The van der Waals surface area contributed by atoms with E-state index in [2.05, 4.69) is 10.2 Å². The topological polar surface area (TPSA) is 66.1 Å². The molecular weight excluding hydrogens is 274 g/mol. The van der Waals surface area contributed by atoms with Crippen molar-refractivity contribution in [1.82, 2.24) is 14.5 Å². The van der Waals surface area contributed by atoms with Crippen LogP contribution in [0.3, 0.4) is 0 Å². The second-order valence-corrected chi connectivity index (χ2v) is 6.72. The Morgan fingerprint density at radius 3 is 2.44 bits per heavy atom. The summed E-state index contributed by atoms with van der Waals surface area (Å²) in [7, 11) is -3.46. The number of nitrogens with zero attached hydrogens (tertiary/aromatic N) is 2. The van der Waals surface area contributed by atoms with Gasteiger partial charge >= 0.3 is 0 Å². The number of nitrogens with one attached hydrogen (secondary N) is 1. The van der Waals surface area contributed by atoms with Gasteiger partial charge in [-0.25, -0.2) is 8.42 Å². The molecule has 5 nitrogen and oxygen atoms in total. The summed E-state index contributed by atoms with van der Waals surface area (Å²) in [6.07, 6.45) is 4.04. The first-order valence-electron chi connectivity index (χ1n) is 6.17. The Bertz CT molecular complexity index is 504. The van der Waals surface area contributed by atoms with Gasteiger partial charge in [0.15, 0.2) is 0 Å². The lowest BCUT2D eigenvalue weighted by atomic mass is 10.2. The van der Waals surface area contributed by atoms with Crippen LogP contribution < -0.4 is 0 Å². The van der Waals surface area contributed by atoms with Crippen LogP contribution in [0.2, 0.25) is 0 Å². The minimum absolute atomic E-state index is 0.104. The summed E-state index contributed by atoms with van der Waals surface area (Å²) < 4.78 is 26.8. The highest BCUT2D eigenvalue weighted by Gasteiger charge is 2.30. The third-order valence-electron chi connectivity index (χ3n) is 3.25. The number of aromatic amines is 1. The average molecular weight is 292 g/mol. The van der Waals surface area contributed by atoms with Crippen LogP contribution in [0.1, 0.15) is 37.1 Å². The van der Waals surface area contributed by atoms with E-state index in [1.54, 1.807) is 11.2 Å². The molecule has 1 saturated heterocycles. The Kier molecular flexibility index (Phi) is 4.29. The molecule has 1 aliphatic heterocycles. The van der Waals surface area contributed by atoms with Gasteiger partial charge in [0, 0.05) is 13.1 Å². The molecule has 0 unspecified atom stereocenters. The quantitative estimate of drug-likeness (QED) is 0.867. The van der Waals surface area contributed by atoms with E-state index in [4.69, 9.17) is 11.6 Å². The summed E-state index contributed by atoms with van der Waals surface area (Å²) in [5.74, 6) is 0.104. The van der Waals surface area contributed by atoms with Crippen LogP contribution in [0.15, 0.2) is 4.90 Å². The molecule has 0 bridgehead atoms. The normalized spacial score (nSPS) is 18.8. The number of H-pyrrole nitrogens is 1. The highest BCUT2D eigenvalue weighted by atomic mass is 35.5. The van der Waals surface area contributed by atoms with E-state index in [1.165, 1.54) is 0 Å². The van der Waals surface area contributed by atoms with Crippen molar-refractivity contribution in [2.45, 2.75) is 43.4 Å². The van der Waals surface area contributed by atoms with Crippen molar-refractivity contribution in [3.05, 3.63) is 11.4 Å². The first-order chi connectivity index (χ1) is 8.57. The number of halogens is 1. The highest BCUT2D eigenvalue weighted by Crippen LogP contribution is 2.25. The molecule has 0 atom stereocenters. The molecule has 0 aliphatic carbocycles. The zero-order chi connectivity index (χ0) is 13.2. The molecule has 0 radical (unpaired) electrons. The number of hydrogen-bond donors (Lipinski definition) is 1. The maximum Gasteiger partial charge on any atom is 0.246 e. The molecule has 1 aromatic heterocycles. The van der Waals surface area contributed by atoms with Gasteiger partial charge in [0.2, 0.25) is 10.0 Å². The van der Waals surface area contributed by atoms with Gasteiger partial charge in [-0.3, -0.25) is 5.10 Å². The van der Waals surface area contributed by atoms with Crippen LogP contribution in [-0.2, 0) is 15.9 Å². The SMILES string of the molecule is Cc1[nH]nc(CCl)c1S(=O)(=O)N1CCCCCC1. The Morgan fingerprint density at radius 1 is 1.28 bits per heavy atom. The fraction of sp³-hybridized carbons (Fsp3) is 0.727. The fourth-order valence-corrected chi connectivity index (χ4v) is 4.43. The second-order valence-electron chi connectivity index (χ2n) is 4.58. The standard InChI is InChI=1S/C11H18ClN3O2S/c1-9-11(10(8-12)14-13-9)18(16,17)15-6-4-2-3-5-7-15/h2-8H2,1H3,(H,13,14). The number of sulfonamides is 1. The number of aryl methyl sites for hydroxylation is 1. The van der Waals surface area contributed by atoms with Gasteiger partial charge in [0.05, 0.1) is 17.3 Å². The van der Waals surface area contributed by atoms with Gasteiger partial charge in [0.25, 0.3) is 0 Å². The minimum Gasteiger partial charge on any atom is -0.281 e. The smallest absolute Gasteiger partial charge is 0.246 e. The number of hydrogen-bond acceptors (Lipinski definition) is 3. The summed E-state index contributed by atoms with van der Waals surface area (Å²) in [6.45, 7) is 2.90. The van der Waals surface area contributed by atoms with E-state index in [-0.39, 0.29) is 10.8 Å². The van der Waals surface area contributed by atoms with Crippen LogP contribution in [0.4, 0.5) is 0 Å². The number of alkyl halides is 1. The predicted octanol–water partition coefficient (Wildman–Crippen LogP) is 2.02. The molecule has 2 rings (SSSR count). The molecule has 1 aromatic rings. The molecule has 7 heteroatoms. The molecule has 0 amide bonds. The molecular formula is C11H18ClN3O2S. The number of rotatable bonds is 3. The summed E-state index contributed by atoms with van der Waals surface area (Å²) in [5.41, 5.74) is 0.980. The number of aromatic nitrogens is 2. The Labute approximate surface area is 113 Å². The lowest BCUT2D eigenvalue weighted by molar-refractivity contribution is 0.423. The fourth-order valence-electron chi connectivity index (χ4n) is 2.31.